The van der Waals surface area contributed by atoms with Crippen molar-refractivity contribution < 1.29 is 30.5 Å². The fourth-order valence-corrected chi connectivity index (χ4v) is 1.82. The van der Waals surface area contributed by atoms with Gasteiger partial charge in [0.2, 0.25) is 5.82 Å². The minimum atomic E-state index is -1.72. The molecule has 10 heteroatoms. The van der Waals surface area contributed by atoms with Gasteiger partial charge in [0.25, 0.3) is 0 Å². The van der Waals surface area contributed by atoms with E-state index in [0.717, 1.165) is 10.8 Å². The Morgan fingerprint density at radius 3 is 2.30 bits per heavy atom. The van der Waals surface area contributed by atoms with Crippen molar-refractivity contribution in [2.45, 2.75) is 31.3 Å². The highest BCUT2D eigenvalue weighted by Crippen LogP contribution is 2.21. The van der Waals surface area contributed by atoms with Crippen LogP contribution < -0.4 is 0 Å². The van der Waals surface area contributed by atoms with Crippen molar-refractivity contribution in [1.29, 1.82) is 0 Å². The molecule has 0 spiro atoms. The van der Waals surface area contributed by atoms with Crippen molar-refractivity contribution >= 4 is 5.82 Å². The standard InChI is InChI=1S/C10H17N3O7/c1-5-11-8(13(19)20)2-12(5)6(3-14)9(17)10(18)7(16)4-15/h2,6-7,9-10,14-18H,3-4H2,1H3/t6-,7-,9-,10-/m1/s1. The van der Waals surface area contributed by atoms with Crippen LogP contribution in [0.3, 0.4) is 0 Å². The Morgan fingerprint density at radius 2 is 1.90 bits per heavy atom. The first kappa shape index (κ1) is 16.5. The molecule has 0 saturated heterocycles. The summed E-state index contributed by atoms with van der Waals surface area (Å²) in [6, 6.07) is -1.15. The van der Waals surface area contributed by atoms with E-state index in [2.05, 4.69) is 4.98 Å². The third-order valence-electron chi connectivity index (χ3n) is 2.96. The molecule has 20 heavy (non-hydrogen) atoms. The molecule has 114 valence electrons. The number of imidazole rings is 1. The maximum atomic E-state index is 10.6. The number of nitrogens with zero attached hydrogens (tertiary/aromatic N) is 3. The molecule has 0 aliphatic carbocycles. The summed E-state index contributed by atoms with van der Waals surface area (Å²) in [6.45, 7) is 0.00138. The van der Waals surface area contributed by atoms with Gasteiger partial charge in [0, 0.05) is 6.92 Å². The van der Waals surface area contributed by atoms with E-state index in [1.807, 2.05) is 0 Å². The van der Waals surface area contributed by atoms with Crippen LogP contribution in [-0.4, -0.2) is 71.5 Å². The van der Waals surface area contributed by atoms with Crippen LogP contribution in [0.25, 0.3) is 0 Å². The highest BCUT2D eigenvalue weighted by molar-refractivity contribution is 5.18. The zero-order valence-electron chi connectivity index (χ0n) is 10.7. The number of rotatable bonds is 7. The number of aryl methyl sites for hydroxylation is 1. The molecule has 0 aliphatic rings. The largest absolute Gasteiger partial charge is 0.394 e. The lowest BCUT2D eigenvalue weighted by Crippen LogP contribution is -2.45. The maximum absolute atomic E-state index is 10.6. The van der Waals surface area contributed by atoms with Gasteiger partial charge in [0.15, 0.2) is 0 Å². The maximum Gasteiger partial charge on any atom is 0.381 e. The minimum absolute atomic E-state index is 0.153. The zero-order valence-corrected chi connectivity index (χ0v) is 10.7. The van der Waals surface area contributed by atoms with Gasteiger partial charge in [-0.25, -0.2) is 0 Å². The monoisotopic (exact) mass is 291 g/mol. The summed E-state index contributed by atoms with van der Waals surface area (Å²) in [7, 11) is 0. The van der Waals surface area contributed by atoms with Crippen molar-refractivity contribution in [1.82, 2.24) is 9.55 Å². The lowest BCUT2D eigenvalue weighted by atomic mass is 10.0. The molecule has 1 heterocycles. The summed E-state index contributed by atoms with van der Waals surface area (Å²) < 4.78 is 1.14. The van der Waals surface area contributed by atoms with E-state index in [1.54, 1.807) is 0 Å². The van der Waals surface area contributed by atoms with Crippen LogP contribution in [0.2, 0.25) is 0 Å². The quantitative estimate of drug-likeness (QED) is 0.277. The number of hydrogen-bond donors (Lipinski definition) is 5. The molecule has 4 atom stereocenters. The second-order valence-electron chi connectivity index (χ2n) is 4.29. The first-order valence-electron chi connectivity index (χ1n) is 5.79. The summed E-state index contributed by atoms with van der Waals surface area (Å²) in [4.78, 5) is 13.5. The second-order valence-corrected chi connectivity index (χ2v) is 4.29. The van der Waals surface area contributed by atoms with Gasteiger partial charge in [-0.15, -0.1) is 0 Å². The number of aliphatic hydroxyl groups is 5. The third-order valence-corrected chi connectivity index (χ3v) is 2.96. The third kappa shape index (κ3) is 3.29. The lowest BCUT2D eigenvalue weighted by Gasteiger charge is -2.28. The summed E-state index contributed by atoms with van der Waals surface area (Å²) in [6.07, 6.45) is -3.96. The van der Waals surface area contributed by atoms with Crippen LogP contribution >= 0.6 is 0 Å². The minimum Gasteiger partial charge on any atom is -0.394 e. The average Bonchev–Trinajstić information content (AvgIpc) is 2.80. The Kier molecular flexibility index (Phi) is 5.53. The molecular weight excluding hydrogens is 274 g/mol. The van der Waals surface area contributed by atoms with Crippen LogP contribution in [0.5, 0.6) is 0 Å². The van der Waals surface area contributed by atoms with Gasteiger partial charge in [0.05, 0.1) is 19.3 Å². The predicted octanol–water partition coefficient (Wildman–Crippen LogP) is -2.29. The molecule has 0 aromatic carbocycles. The zero-order chi connectivity index (χ0) is 15.4. The lowest BCUT2D eigenvalue weighted by molar-refractivity contribution is -0.389. The van der Waals surface area contributed by atoms with Gasteiger partial charge in [-0.05, 0) is 9.91 Å². The van der Waals surface area contributed by atoms with Crippen LogP contribution in [0, 0.1) is 17.0 Å². The summed E-state index contributed by atoms with van der Waals surface area (Å²) >= 11 is 0. The van der Waals surface area contributed by atoms with Gasteiger partial charge in [-0.3, -0.25) is 4.57 Å². The van der Waals surface area contributed by atoms with E-state index in [-0.39, 0.29) is 5.82 Å². The highest BCUT2D eigenvalue weighted by Gasteiger charge is 2.34. The van der Waals surface area contributed by atoms with E-state index >= 15 is 0 Å². The van der Waals surface area contributed by atoms with Crippen molar-refractivity contribution in [2.24, 2.45) is 0 Å². The van der Waals surface area contributed by atoms with Gasteiger partial charge in [0.1, 0.15) is 24.5 Å². The molecule has 0 aliphatic heterocycles. The predicted molar refractivity (Wildman–Crippen MR) is 64.8 cm³/mol. The van der Waals surface area contributed by atoms with Crippen LogP contribution in [0.1, 0.15) is 11.9 Å². The van der Waals surface area contributed by atoms with Crippen molar-refractivity contribution in [2.75, 3.05) is 13.2 Å². The second kappa shape index (κ2) is 6.72. The molecule has 0 bridgehead atoms. The number of aromatic nitrogens is 2. The fraction of sp³-hybridized carbons (Fsp3) is 0.700. The summed E-state index contributed by atoms with van der Waals surface area (Å²) in [5.41, 5.74) is 0. The number of hydrogen-bond acceptors (Lipinski definition) is 8. The Balaban J connectivity index is 3.03. The number of aliphatic hydroxyl groups excluding tert-OH is 5. The Labute approximate surface area is 113 Å². The molecule has 0 saturated carbocycles. The first-order valence-corrected chi connectivity index (χ1v) is 5.79. The van der Waals surface area contributed by atoms with Crippen molar-refractivity contribution in [3.8, 4) is 0 Å². The summed E-state index contributed by atoms with van der Waals surface area (Å²) in [5, 5.41) is 57.4. The normalized spacial score (nSPS) is 17.5. The molecule has 1 aromatic heterocycles. The van der Waals surface area contributed by atoms with Crippen molar-refractivity contribution in [3.05, 3.63) is 22.1 Å². The molecule has 5 N–H and O–H groups in total. The van der Waals surface area contributed by atoms with Crippen LogP contribution in [0.4, 0.5) is 5.82 Å². The van der Waals surface area contributed by atoms with E-state index in [1.165, 1.54) is 6.92 Å². The van der Waals surface area contributed by atoms with E-state index in [4.69, 9.17) is 5.11 Å². The van der Waals surface area contributed by atoms with Gasteiger partial charge >= 0.3 is 5.82 Å². The first-order chi connectivity index (χ1) is 9.33. The van der Waals surface area contributed by atoms with Gasteiger partial charge < -0.3 is 35.6 Å². The SMILES string of the molecule is Cc1nc([N+](=O)[O-])cn1[C@H](CO)[C@@H](O)[C@H](O)[C@H](O)CO. The van der Waals surface area contributed by atoms with E-state index in [9.17, 15) is 30.5 Å². The molecule has 1 rings (SSSR count). The van der Waals surface area contributed by atoms with Crippen molar-refractivity contribution in [3.63, 3.8) is 0 Å². The molecular formula is C10H17N3O7. The summed E-state index contributed by atoms with van der Waals surface area (Å²) in [5.74, 6) is -0.314. The smallest absolute Gasteiger partial charge is 0.381 e. The van der Waals surface area contributed by atoms with Crippen LogP contribution in [0.15, 0.2) is 6.20 Å². The Hall–Kier alpha value is -1.59. The van der Waals surface area contributed by atoms with E-state index < -0.39 is 48.3 Å². The Morgan fingerprint density at radius 1 is 1.30 bits per heavy atom. The average molecular weight is 291 g/mol. The van der Waals surface area contributed by atoms with Gasteiger partial charge in [-0.2, -0.15) is 0 Å². The van der Waals surface area contributed by atoms with E-state index in [0.29, 0.717) is 0 Å². The number of nitro groups is 1. The molecule has 0 amide bonds. The van der Waals surface area contributed by atoms with Crippen LogP contribution in [-0.2, 0) is 0 Å². The fourth-order valence-electron chi connectivity index (χ4n) is 1.82. The molecule has 1 aromatic rings. The Bertz CT molecular complexity index is 464. The molecule has 0 radical (unpaired) electrons. The topological polar surface area (TPSA) is 162 Å². The molecule has 10 nitrogen and oxygen atoms in total. The highest BCUT2D eigenvalue weighted by atomic mass is 16.6. The molecule has 0 unspecified atom stereocenters. The van der Waals surface area contributed by atoms with Gasteiger partial charge in [-0.1, -0.05) is 0 Å². The molecule has 0 fully saturated rings.